The monoisotopic (exact) mass is 247 g/mol. The number of nitrogens with one attached hydrogen (secondary N) is 1. The number of benzene rings is 1. The van der Waals surface area contributed by atoms with Crippen molar-refractivity contribution in [3.05, 3.63) is 35.4 Å². The lowest BCUT2D eigenvalue weighted by Crippen LogP contribution is -2.30. The average molecular weight is 247 g/mol. The maximum absolute atomic E-state index is 12.2. The van der Waals surface area contributed by atoms with E-state index in [1.807, 2.05) is 38.1 Å². The van der Waals surface area contributed by atoms with Crippen LogP contribution in [-0.4, -0.2) is 16.6 Å². The molecule has 88 valence electrons. The van der Waals surface area contributed by atoms with E-state index in [-0.39, 0.29) is 10.9 Å². The lowest BCUT2D eigenvalue weighted by Gasteiger charge is -2.15. The molecule has 3 N–H and O–H groups in total. The third-order valence-electron chi connectivity index (χ3n) is 2.92. The van der Waals surface area contributed by atoms with E-state index in [2.05, 4.69) is 22.7 Å². The molecule has 0 amide bonds. The summed E-state index contributed by atoms with van der Waals surface area (Å²) in [5, 5.41) is 4.04. The molecular weight excluding hydrogens is 234 g/mol. The minimum atomic E-state index is -0.548. The zero-order valence-electron chi connectivity index (χ0n) is 9.65. The predicted octanol–water partition coefficient (Wildman–Crippen LogP) is 1.08. The number of carbonyl (C=O) groups excluding carboxylic acids is 1. The number of hydrazone groups is 1. The van der Waals surface area contributed by atoms with Crippen LogP contribution in [0.1, 0.15) is 25.0 Å². The molecule has 1 aliphatic rings. The lowest BCUT2D eigenvalue weighted by molar-refractivity contribution is -0.116. The van der Waals surface area contributed by atoms with Crippen LogP contribution in [0.25, 0.3) is 0 Å². The second-order valence-electron chi connectivity index (χ2n) is 4.44. The van der Waals surface area contributed by atoms with Crippen LogP contribution in [0, 0.1) is 0 Å². The van der Waals surface area contributed by atoms with E-state index in [0.717, 1.165) is 11.1 Å². The molecule has 2 rings (SSSR count). The molecule has 0 spiro atoms. The zero-order valence-corrected chi connectivity index (χ0v) is 10.5. The summed E-state index contributed by atoms with van der Waals surface area (Å²) in [6.07, 6.45) is 0. The molecule has 0 radical (unpaired) electrons. The minimum absolute atomic E-state index is 0.0255. The molecule has 5 heteroatoms. The van der Waals surface area contributed by atoms with Gasteiger partial charge in [-0.25, -0.2) is 0 Å². The van der Waals surface area contributed by atoms with Crippen LogP contribution in [0.3, 0.4) is 0 Å². The number of carbonyl (C=O) groups is 1. The normalized spacial score (nSPS) is 19.2. The van der Waals surface area contributed by atoms with E-state index in [4.69, 9.17) is 5.73 Å². The smallest absolute Gasteiger partial charge is 0.193 e. The van der Waals surface area contributed by atoms with Crippen molar-refractivity contribution in [1.29, 1.82) is 0 Å². The molecule has 0 aliphatic heterocycles. The second-order valence-corrected chi connectivity index (χ2v) is 4.88. The number of fused-ring (bicyclic) bond motifs is 1. The van der Waals surface area contributed by atoms with Gasteiger partial charge in [-0.2, -0.15) is 5.10 Å². The van der Waals surface area contributed by atoms with Gasteiger partial charge in [-0.05, 0) is 31.6 Å². The van der Waals surface area contributed by atoms with E-state index in [0.29, 0.717) is 5.71 Å². The number of nitrogens with two attached hydrogens (primary N) is 1. The van der Waals surface area contributed by atoms with Crippen LogP contribution in [0.4, 0.5) is 0 Å². The van der Waals surface area contributed by atoms with Crippen molar-refractivity contribution in [3.63, 3.8) is 0 Å². The number of rotatable bonds is 1. The number of hydrogen-bond donors (Lipinski definition) is 2. The summed E-state index contributed by atoms with van der Waals surface area (Å²) < 4.78 is 0. The molecule has 1 aliphatic carbocycles. The Bertz CT molecular complexity index is 534. The number of hydrogen-bond acceptors (Lipinski definition) is 3. The summed E-state index contributed by atoms with van der Waals surface area (Å²) in [4.78, 5) is 12.2. The molecule has 4 nitrogen and oxygen atoms in total. The van der Waals surface area contributed by atoms with Crippen molar-refractivity contribution < 1.29 is 4.79 Å². The highest BCUT2D eigenvalue weighted by Crippen LogP contribution is 2.35. The average Bonchev–Trinajstić information content (AvgIpc) is 2.47. The van der Waals surface area contributed by atoms with Crippen molar-refractivity contribution in [2.75, 3.05) is 0 Å². The molecule has 0 aromatic heterocycles. The van der Waals surface area contributed by atoms with Gasteiger partial charge in [0.15, 0.2) is 10.9 Å². The third-order valence-corrected chi connectivity index (χ3v) is 3.01. The highest BCUT2D eigenvalue weighted by molar-refractivity contribution is 7.80. The van der Waals surface area contributed by atoms with E-state index >= 15 is 0 Å². The molecule has 0 bridgehead atoms. The summed E-state index contributed by atoms with van der Waals surface area (Å²) in [6.45, 7) is 3.77. The van der Waals surface area contributed by atoms with E-state index in [1.54, 1.807) is 0 Å². The summed E-state index contributed by atoms with van der Waals surface area (Å²) in [5.74, 6) is -0.0255. The van der Waals surface area contributed by atoms with Gasteiger partial charge in [0.2, 0.25) is 0 Å². The molecule has 17 heavy (non-hydrogen) atoms. The van der Waals surface area contributed by atoms with Crippen LogP contribution in [0.2, 0.25) is 0 Å². The first-order chi connectivity index (χ1) is 7.94. The Labute approximate surface area is 105 Å². The van der Waals surface area contributed by atoms with E-state index in [9.17, 15) is 4.79 Å². The Kier molecular flexibility index (Phi) is 2.71. The summed E-state index contributed by atoms with van der Waals surface area (Å²) in [5.41, 5.74) is 9.44. The maximum Gasteiger partial charge on any atom is 0.193 e. The van der Waals surface area contributed by atoms with Crippen molar-refractivity contribution in [1.82, 2.24) is 5.43 Å². The molecule has 0 heterocycles. The van der Waals surface area contributed by atoms with Crippen molar-refractivity contribution >= 4 is 28.8 Å². The van der Waals surface area contributed by atoms with Gasteiger partial charge in [-0.1, -0.05) is 24.3 Å². The Balaban J connectivity index is 2.54. The van der Waals surface area contributed by atoms with Crippen LogP contribution in [-0.2, 0) is 10.2 Å². The second kappa shape index (κ2) is 3.92. The summed E-state index contributed by atoms with van der Waals surface area (Å²) in [6, 6.07) is 7.61. The first-order valence-electron chi connectivity index (χ1n) is 5.22. The van der Waals surface area contributed by atoms with Gasteiger partial charge in [-0.15, -0.1) is 0 Å². The Morgan fingerprint density at radius 1 is 1.41 bits per heavy atom. The number of ketones is 1. The summed E-state index contributed by atoms with van der Waals surface area (Å²) >= 11 is 4.67. The largest absolute Gasteiger partial charge is 0.375 e. The SMILES string of the molecule is CC1(C)C(=O)/C(=N\NC(N)=S)c2ccccc21. The van der Waals surface area contributed by atoms with Crippen molar-refractivity contribution in [2.45, 2.75) is 19.3 Å². The van der Waals surface area contributed by atoms with Crippen LogP contribution < -0.4 is 11.2 Å². The quantitative estimate of drug-likeness (QED) is 0.575. The first kappa shape index (κ1) is 11.7. The number of Topliss-reactive ketones (excluding diaryl/α,β-unsaturated/α-hetero) is 1. The zero-order chi connectivity index (χ0) is 12.6. The molecule has 0 unspecified atom stereocenters. The van der Waals surface area contributed by atoms with Gasteiger partial charge in [0, 0.05) is 5.56 Å². The maximum atomic E-state index is 12.2. The Morgan fingerprint density at radius 2 is 2.06 bits per heavy atom. The molecule has 1 aromatic rings. The summed E-state index contributed by atoms with van der Waals surface area (Å²) in [7, 11) is 0. The topological polar surface area (TPSA) is 67.5 Å². The fourth-order valence-electron chi connectivity index (χ4n) is 2.00. The molecular formula is C12H13N3OS. The number of thiocarbonyl (C=S) groups is 1. The fraction of sp³-hybridized carbons (Fsp3) is 0.250. The van der Waals surface area contributed by atoms with Crippen LogP contribution >= 0.6 is 12.2 Å². The Hall–Kier alpha value is -1.75. The molecule has 0 saturated heterocycles. The van der Waals surface area contributed by atoms with Gasteiger partial charge < -0.3 is 5.73 Å². The van der Waals surface area contributed by atoms with Crippen LogP contribution in [0.15, 0.2) is 29.4 Å². The molecule has 1 aromatic carbocycles. The molecule has 0 saturated carbocycles. The van der Waals surface area contributed by atoms with E-state index < -0.39 is 5.41 Å². The molecule has 0 atom stereocenters. The van der Waals surface area contributed by atoms with Crippen molar-refractivity contribution in [2.24, 2.45) is 10.8 Å². The first-order valence-corrected chi connectivity index (χ1v) is 5.63. The highest BCUT2D eigenvalue weighted by Gasteiger charge is 2.42. The van der Waals surface area contributed by atoms with Gasteiger partial charge in [0.05, 0.1) is 5.41 Å². The minimum Gasteiger partial charge on any atom is -0.375 e. The Morgan fingerprint density at radius 3 is 2.71 bits per heavy atom. The van der Waals surface area contributed by atoms with Gasteiger partial charge >= 0.3 is 0 Å². The van der Waals surface area contributed by atoms with Crippen molar-refractivity contribution in [3.8, 4) is 0 Å². The fourth-order valence-corrected chi connectivity index (χ4v) is 2.04. The van der Waals surface area contributed by atoms with Gasteiger partial charge in [0.1, 0.15) is 5.71 Å². The lowest BCUT2D eigenvalue weighted by atomic mass is 9.86. The van der Waals surface area contributed by atoms with Crippen LogP contribution in [0.5, 0.6) is 0 Å². The standard InChI is InChI=1S/C12H13N3OS/c1-12(2)8-6-4-3-5-7(8)9(10(12)16)14-15-11(13)17/h3-6H,1-2H3,(H3,13,15,17)/b14-9-. The number of nitrogens with zero attached hydrogens (tertiary/aromatic N) is 1. The predicted molar refractivity (Wildman–Crippen MR) is 70.9 cm³/mol. The van der Waals surface area contributed by atoms with Gasteiger partial charge in [-0.3, -0.25) is 10.2 Å². The van der Waals surface area contributed by atoms with E-state index in [1.165, 1.54) is 0 Å². The van der Waals surface area contributed by atoms with Gasteiger partial charge in [0.25, 0.3) is 0 Å². The molecule has 0 fully saturated rings. The highest BCUT2D eigenvalue weighted by atomic mass is 32.1. The third kappa shape index (κ3) is 1.82.